The minimum atomic E-state index is 1.16. The van der Waals surface area contributed by atoms with Gasteiger partial charge in [0.05, 0.1) is 22.1 Å². The van der Waals surface area contributed by atoms with E-state index in [-0.39, 0.29) is 0 Å². The van der Waals surface area contributed by atoms with E-state index in [0.717, 1.165) is 11.0 Å². The molecule has 8 rings (SSSR count). The van der Waals surface area contributed by atoms with Crippen molar-refractivity contribution in [1.82, 2.24) is 14.1 Å². The van der Waals surface area contributed by atoms with Crippen molar-refractivity contribution in [3.05, 3.63) is 121 Å². The minimum absolute atomic E-state index is 1.16. The Kier molecular flexibility index (Phi) is 3.66. The molecule has 0 aliphatic heterocycles. The second-order valence-electron chi connectivity index (χ2n) is 9.11. The summed E-state index contributed by atoms with van der Waals surface area (Å²) in [6, 6.07) is 43.3. The molecular weight excluding hydrogens is 426 g/mol. The quantitative estimate of drug-likeness (QED) is 0.275. The SMILES string of the molecule is c1ccc(-n2c3ccccc3c3c2c2ccc4[nH]c5ccccc5c4c2n3-c2ccccc2)cc1. The van der Waals surface area contributed by atoms with Gasteiger partial charge in [-0.05, 0) is 48.5 Å². The molecule has 0 saturated heterocycles. The van der Waals surface area contributed by atoms with Gasteiger partial charge >= 0.3 is 0 Å². The molecule has 3 nitrogen and oxygen atoms in total. The van der Waals surface area contributed by atoms with Gasteiger partial charge in [0.2, 0.25) is 0 Å². The van der Waals surface area contributed by atoms with Gasteiger partial charge in [0.25, 0.3) is 0 Å². The molecule has 3 heterocycles. The molecule has 3 heteroatoms. The van der Waals surface area contributed by atoms with E-state index in [1.54, 1.807) is 0 Å². The lowest BCUT2D eigenvalue weighted by atomic mass is 10.1. The normalized spacial score (nSPS) is 12.0. The van der Waals surface area contributed by atoms with Gasteiger partial charge < -0.3 is 14.1 Å². The number of benzene rings is 5. The number of nitrogens with zero attached hydrogens (tertiary/aromatic N) is 2. The Morgan fingerprint density at radius 3 is 1.77 bits per heavy atom. The molecule has 0 atom stereocenters. The molecule has 0 bridgehead atoms. The number of para-hydroxylation sites is 4. The molecule has 0 saturated carbocycles. The summed E-state index contributed by atoms with van der Waals surface area (Å²) in [6.45, 7) is 0. The van der Waals surface area contributed by atoms with E-state index in [1.165, 1.54) is 55.0 Å². The smallest absolute Gasteiger partial charge is 0.0804 e. The first-order valence-corrected chi connectivity index (χ1v) is 12.0. The van der Waals surface area contributed by atoms with Crippen molar-refractivity contribution >= 4 is 54.6 Å². The number of hydrogen-bond donors (Lipinski definition) is 1. The first-order valence-electron chi connectivity index (χ1n) is 12.0. The number of hydrogen-bond acceptors (Lipinski definition) is 0. The number of fused-ring (bicyclic) bond motifs is 9. The number of H-pyrrole nitrogens is 1. The Balaban J connectivity index is 1.72. The van der Waals surface area contributed by atoms with Gasteiger partial charge in [-0.15, -0.1) is 0 Å². The van der Waals surface area contributed by atoms with E-state index in [9.17, 15) is 0 Å². The second-order valence-corrected chi connectivity index (χ2v) is 9.11. The predicted octanol–water partition coefficient (Wildman–Crippen LogP) is 8.36. The molecular formula is C32H21N3. The Labute approximate surface area is 201 Å². The van der Waals surface area contributed by atoms with Gasteiger partial charge in [0.15, 0.2) is 0 Å². The summed E-state index contributed by atoms with van der Waals surface area (Å²) in [5, 5.41) is 5.02. The summed E-state index contributed by atoms with van der Waals surface area (Å²) in [7, 11) is 0. The van der Waals surface area contributed by atoms with Crippen LogP contribution >= 0.6 is 0 Å². The lowest BCUT2D eigenvalue weighted by Crippen LogP contribution is -1.94. The second kappa shape index (κ2) is 6.87. The highest BCUT2D eigenvalue weighted by atomic mass is 15.1. The molecule has 35 heavy (non-hydrogen) atoms. The molecule has 3 aromatic heterocycles. The van der Waals surface area contributed by atoms with E-state index >= 15 is 0 Å². The van der Waals surface area contributed by atoms with Crippen molar-refractivity contribution in [2.45, 2.75) is 0 Å². The third kappa shape index (κ3) is 2.44. The summed E-state index contributed by atoms with van der Waals surface area (Å²) in [5.74, 6) is 0. The first-order chi connectivity index (χ1) is 17.4. The van der Waals surface area contributed by atoms with Crippen LogP contribution in [0.5, 0.6) is 0 Å². The molecule has 164 valence electrons. The number of rotatable bonds is 2. The number of aromatic amines is 1. The molecule has 0 unspecified atom stereocenters. The van der Waals surface area contributed by atoms with Gasteiger partial charge in [-0.1, -0.05) is 72.8 Å². The third-order valence-electron chi connectivity index (χ3n) is 7.22. The van der Waals surface area contributed by atoms with Gasteiger partial charge in [-0.3, -0.25) is 0 Å². The van der Waals surface area contributed by atoms with Crippen LogP contribution < -0.4 is 0 Å². The van der Waals surface area contributed by atoms with E-state index in [4.69, 9.17) is 0 Å². The topological polar surface area (TPSA) is 25.6 Å². The Hall–Kier alpha value is -4.76. The fourth-order valence-electron chi connectivity index (χ4n) is 5.84. The molecule has 8 aromatic rings. The van der Waals surface area contributed by atoms with Crippen molar-refractivity contribution in [1.29, 1.82) is 0 Å². The standard InChI is InChI=1S/C32H21N3/c1-3-11-21(12-4-1)34-28-18-10-8-16-24(28)31-32(34)25-19-20-27-29(23-15-7-9-17-26(23)33-27)30(25)35(31)22-13-5-2-6-14-22/h1-20,33H. The molecule has 1 N–H and O–H groups in total. The molecule has 0 aliphatic rings. The maximum Gasteiger partial charge on any atom is 0.0804 e. The van der Waals surface area contributed by atoms with Crippen LogP contribution in [-0.2, 0) is 0 Å². The summed E-state index contributed by atoms with van der Waals surface area (Å²) in [6.07, 6.45) is 0. The van der Waals surface area contributed by atoms with Crippen molar-refractivity contribution in [2.75, 3.05) is 0 Å². The lowest BCUT2D eigenvalue weighted by Gasteiger charge is -2.10. The van der Waals surface area contributed by atoms with Crippen LogP contribution in [0, 0.1) is 0 Å². The van der Waals surface area contributed by atoms with Gasteiger partial charge in [0, 0.05) is 44.0 Å². The summed E-state index contributed by atoms with van der Waals surface area (Å²) in [4.78, 5) is 3.65. The van der Waals surface area contributed by atoms with E-state index < -0.39 is 0 Å². The molecule has 0 radical (unpaired) electrons. The van der Waals surface area contributed by atoms with E-state index in [0.29, 0.717) is 0 Å². The predicted molar refractivity (Wildman–Crippen MR) is 147 cm³/mol. The highest BCUT2D eigenvalue weighted by Gasteiger charge is 2.24. The van der Waals surface area contributed by atoms with Crippen LogP contribution in [0.1, 0.15) is 0 Å². The van der Waals surface area contributed by atoms with E-state index in [2.05, 4.69) is 135 Å². The molecule has 0 spiro atoms. The fourth-order valence-corrected chi connectivity index (χ4v) is 5.84. The monoisotopic (exact) mass is 447 g/mol. The Morgan fingerprint density at radius 2 is 1.00 bits per heavy atom. The highest BCUT2D eigenvalue weighted by molar-refractivity contribution is 6.28. The third-order valence-corrected chi connectivity index (χ3v) is 7.22. The first kappa shape index (κ1) is 18.6. The molecule has 0 aliphatic carbocycles. The maximum atomic E-state index is 3.65. The summed E-state index contributed by atoms with van der Waals surface area (Å²) in [5.41, 5.74) is 9.60. The number of aromatic nitrogens is 3. The minimum Gasteiger partial charge on any atom is -0.354 e. The van der Waals surface area contributed by atoms with Gasteiger partial charge in [-0.2, -0.15) is 0 Å². The van der Waals surface area contributed by atoms with Crippen LogP contribution in [-0.4, -0.2) is 14.1 Å². The van der Waals surface area contributed by atoms with Crippen molar-refractivity contribution < 1.29 is 0 Å². The Morgan fingerprint density at radius 1 is 0.400 bits per heavy atom. The lowest BCUT2D eigenvalue weighted by molar-refractivity contribution is 1.18. The van der Waals surface area contributed by atoms with Crippen molar-refractivity contribution in [3.8, 4) is 11.4 Å². The largest absolute Gasteiger partial charge is 0.354 e. The van der Waals surface area contributed by atoms with Crippen LogP contribution in [0.4, 0.5) is 0 Å². The van der Waals surface area contributed by atoms with Crippen LogP contribution in [0.2, 0.25) is 0 Å². The highest BCUT2D eigenvalue weighted by Crippen LogP contribution is 2.44. The average Bonchev–Trinajstić information content (AvgIpc) is 3.57. The average molecular weight is 448 g/mol. The molecule has 0 amide bonds. The molecule has 5 aromatic carbocycles. The zero-order valence-corrected chi connectivity index (χ0v) is 18.9. The van der Waals surface area contributed by atoms with Gasteiger partial charge in [-0.25, -0.2) is 0 Å². The van der Waals surface area contributed by atoms with Crippen molar-refractivity contribution in [2.24, 2.45) is 0 Å². The summed E-state index contributed by atoms with van der Waals surface area (Å²) >= 11 is 0. The van der Waals surface area contributed by atoms with Crippen LogP contribution in [0.3, 0.4) is 0 Å². The van der Waals surface area contributed by atoms with E-state index in [1.807, 2.05) is 0 Å². The fraction of sp³-hybridized carbons (Fsp3) is 0. The van der Waals surface area contributed by atoms with Crippen LogP contribution in [0.25, 0.3) is 66.0 Å². The summed E-state index contributed by atoms with van der Waals surface area (Å²) < 4.78 is 4.89. The number of nitrogens with one attached hydrogen (secondary N) is 1. The zero-order valence-electron chi connectivity index (χ0n) is 18.9. The molecule has 0 fully saturated rings. The maximum absolute atomic E-state index is 3.65. The van der Waals surface area contributed by atoms with Crippen molar-refractivity contribution in [3.63, 3.8) is 0 Å². The Bertz CT molecular complexity index is 2040. The van der Waals surface area contributed by atoms with Crippen LogP contribution in [0.15, 0.2) is 121 Å². The van der Waals surface area contributed by atoms with Gasteiger partial charge in [0.1, 0.15) is 0 Å². The zero-order chi connectivity index (χ0) is 22.9.